The molecule has 0 heterocycles. The molecule has 0 aromatic carbocycles. The van der Waals surface area contributed by atoms with Crippen LogP contribution < -0.4 is 0 Å². The van der Waals surface area contributed by atoms with Gasteiger partial charge in [-0.25, -0.2) is 9.59 Å². The number of carbonyl (C=O) groups is 6. The van der Waals surface area contributed by atoms with Gasteiger partial charge in [-0.05, 0) is 0 Å². The van der Waals surface area contributed by atoms with Gasteiger partial charge in [0.05, 0.1) is 25.7 Å². The summed E-state index contributed by atoms with van der Waals surface area (Å²) in [5.41, 5.74) is -5.48. The predicted octanol–water partition coefficient (Wildman–Crippen LogP) is -3.97. The van der Waals surface area contributed by atoms with E-state index in [1.165, 1.54) is 0 Å². The molecule has 10 N–H and O–H groups in total. The van der Waals surface area contributed by atoms with Crippen molar-refractivity contribution < 1.29 is 75.1 Å². The molecule has 0 aromatic rings. The van der Waals surface area contributed by atoms with Gasteiger partial charge in [0.1, 0.15) is 0 Å². The minimum atomic E-state index is -2.74. The molecule has 0 saturated heterocycles. The number of aliphatic carboxylic acids is 6. The Hall–Kier alpha value is -2.30. The third-order valence-corrected chi connectivity index (χ3v) is 2.57. The van der Waals surface area contributed by atoms with Crippen molar-refractivity contribution in [2.75, 3.05) is 0 Å². The molecule has 0 amide bonds. The Morgan fingerprint density at radius 3 is 0.714 bits per heavy atom. The molecule has 0 fully saturated rings. The van der Waals surface area contributed by atoms with Crippen LogP contribution in [0.25, 0.3) is 0 Å². The fourth-order valence-corrected chi connectivity index (χ4v) is 1.43. The normalized spacial score (nSPS) is 10.1. The molecule has 15 nitrogen and oxygen atoms in total. The van der Waals surface area contributed by atoms with Crippen molar-refractivity contribution in [2.45, 2.75) is 36.9 Å². The van der Waals surface area contributed by atoms with Crippen molar-refractivity contribution in [3.8, 4) is 0 Å². The Morgan fingerprint density at radius 1 is 0.500 bits per heavy atom. The van der Waals surface area contributed by atoms with Crippen LogP contribution in [0.3, 0.4) is 0 Å². The van der Waals surface area contributed by atoms with E-state index in [0.29, 0.717) is 0 Å². The van der Waals surface area contributed by atoms with E-state index in [1.807, 2.05) is 0 Å². The van der Waals surface area contributed by atoms with Crippen molar-refractivity contribution in [3.63, 3.8) is 0 Å². The Kier molecular flexibility index (Phi) is 16.4. The zero-order valence-electron chi connectivity index (χ0n) is 13.4. The van der Waals surface area contributed by atoms with E-state index >= 15 is 0 Å². The molecule has 0 saturated carbocycles. The van der Waals surface area contributed by atoms with Gasteiger partial charge in [0, 0.05) is 0 Å². The molecule has 0 unspecified atom stereocenters. The molecule has 0 aliphatic heterocycles. The summed E-state index contributed by atoms with van der Waals surface area (Å²) in [6.45, 7) is 0. The van der Waals surface area contributed by atoms with Crippen LogP contribution in [-0.4, -0.2) is 123 Å². The van der Waals surface area contributed by atoms with E-state index < -0.39 is 72.7 Å². The second kappa shape index (κ2) is 13.8. The summed E-state index contributed by atoms with van der Waals surface area (Å²) in [5.74, 6) is -10.0. The standard InChI is InChI=1S/2C6H8O7.Na.H2O.H/c2*7-3(8)1-6(13,5(11)12)2-4(9)10;;;/h2*13H,1-2H2,(H,7,8)(H,9,10)(H,11,12);;1H2;. The first-order chi connectivity index (χ1) is 11.6. The number of carboxylic acid groups (broad SMARTS) is 6. The number of aliphatic hydroxyl groups is 2. The van der Waals surface area contributed by atoms with Gasteiger partial charge in [0.2, 0.25) is 0 Å². The number of hydrogen-bond donors (Lipinski definition) is 8. The predicted molar refractivity (Wildman–Crippen MR) is 84.9 cm³/mol. The van der Waals surface area contributed by atoms with Crippen LogP contribution in [0.4, 0.5) is 0 Å². The third kappa shape index (κ3) is 13.8. The molecule has 0 radical (unpaired) electrons. The molecule has 158 valence electrons. The maximum atomic E-state index is 10.3. The first kappa shape index (κ1) is 33.3. The Balaban J connectivity index is -0.000000192. The molecular weight excluding hydrogens is 407 g/mol. The number of carboxylic acids is 6. The molecule has 0 aliphatic rings. The Labute approximate surface area is 177 Å². The average Bonchev–Trinajstić information content (AvgIpc) is 2.34. The maximum absolute atomic E-state index is 10.3. The summed E-state index contributed by atoms with van der Waals surface area (Å²) in [6.07, 6.45) is -4.58. The van der Waals surface area contributed by atoms with Crippen molar-refractivity contribution in [1.29, 1.82) is 0 Å². The molecule has 0 atom stereocenters. The second-order valence-electron chi connectivity index (χ2n) is 4.96. The summed E-state index contributed by atoms with van der Waals surface area (Å²) in [4.78, 5) is 61.0. The molecule has 0 bridgehead atoms. The van der Waals surface area contributed by atoms with E-state index in [4.69, 9.17) is 40.9 Å². The van der Waals surface area contributed by atoms with Gasteiger partial charge in [-0.15, -0.1) is 0 Å². The molecule has 0 rings (SSSR count). The zero-order chi connectivity index (χ0) is 21.3. The van der Waals surface area contributed by atoms with E-state index in [2.05, 4.69) is 0 Å². The first-order valence-electron chi connectivity index (χ1n) is 6.34. The van der Waals surface area contributed by atoms with Gasteiger partial charge in [0.15, 0.2) is 11.2 Å². The van der Waals surface area contributed by atoms with Gasteiger partial charge in [-0.3, -0.25) is 19.2 Å². The fourth-order valence-electron chi connectivity index (χ4n) is 1.43. The molecule has 0 spiro atoms. The molecule has 0 aromatic heterocycles. The first-order valence-corrected chi connectivity index (χ1v) is 6.34. The second-order valence-corrected chi connectivity index (χ2v) is 4.96. The van der Waals surface area contributed by atoms with Crippen molar-refractivity contribution in [2.24, 2.45) is 0 Å². The summed E-state index contributed by atoms with van der Waals surface area (Å²) < 4.78 is 0. The van der Waals surface area contributed by atoms with Crippen LogP contribution in [0.15, 0.2) is 0 Å². The van der Waals surface area contributed by atoms with Crippen LogP contribution >= 0.6 is 0 Å². The number of rotatable bonds is 10. The minimum absolute atomic E-state index is 0. The van der Waals surface area contributed by atoms with E-state index in [9.17, 15) is 28.8 Å². The summed E-state index contributed by atoms with van der Waals surface area (Å²) in [5, 5.41) is 67.6. The Bertz CT molecular complexity index is 514. The number of hydrogen-bond acceptors (Lipinski definition) is 8. The fraction of sp³-hybridized carbons (Fsp3) is 0.500. The van der Waals surface area contributed by atoms with Gasteiger partial charge in [-0.1, -0.05) is 0 Å². The van der Waals surface area contributed by atoms with Crippen LogP contribution in [0.5, 0.6) is 0 Å². The summed E-state index contributed by atoms with van der Waals surface area (Å²) in [6, 6.07) is 0. The van der Waals surface area contributed by atoms with Crippen LogP contribution in [0, 0.1) is 0 Å². The van der Waals surface area contributed by atoms with Crippen molar-refractivity contribution >= 4 is 65.4 Å². The monoisotopic (exact) mass is 426 g/mol. The molecule has 16 heteroatoms. The van der Waals surface area contributed by atoms with Crippen molar-refractivity contribution in [3.05, 3.63) is 0 Å². The topological polar surface area (TPSA) is 296 Å². The zero-order valence-corrected chi connectivity index (χ0v) is 13.4. The van der Waals surface area contributed by atoms with E-state index in [0.717, 1.165) is 0 Å². The van der Waals surface area contributed by atoms with Gasteiger partial charge in [0.25, 0.3) is 0 Å². The van der Waals surface area contributed by atoms with Crippen LogP contribution in [0.2, 0.25) is 0 Å². The van der Waals surface area contributed by atoms with Crippen LogP contribution in [-0.2, 0) is 28.8 Å². The van der Waals surface area contributed by atoms with Gasteiger partial charge in [-0.2, -0.15) is 0 Å². The summed E-state index contributed by atoms with van der Waals surface area (Å²) in [7, 11) is 0. The van der Waals surface area contributed by atoms with Crippen LogP contribution in [0.1, 0.15) is 25.7 Å². The van der Waals surface area contributed by atoms with Gasteiger partial charge >= 0.3 is 65.4 Å². The summed E-state index contributed by atoms with van der Waals surface area (Å²) >= 11 is 0. The third-order valence-electron chi connectivity index (χ3n) is 2.57. The molecule has 28 heavy (non-hydrogen) atoms. The van der Waals surface area contributed by atoms with E-state index in [1.54, 1.807) is 0 Å². The average molecular weight is 426 g/mol. The molecular formula is C12H19NaO15. The van der Waals surface area contributed by atoms with E-state index in [-0.39, 0.29) is 35.0 Å². The SMILES string of the molecule is O.O=C(O)CC(O)(CC(=O)O)C(=O)O.O=C(O)CC(O)(CC(=O)O)C(=O)O.[NaH]. The molecule has 0 aliphatic carbocycles. The quantitative estimate of drug-likeness (QED) is 0.155. The van der Waals surface area contributed by atoms with Crippen molar-refractivity contribution in [1.82, 2.24) is 0 Å². The van der Waals surface area contributed by atoms with Gasteiger partial charge < -0.3 is 46.3 Å². The Morgan fingerprint density at radius 2 is 0.643 bits per heavy atom.